The maximum atomic E-state index is 12.2. The number of benzene rings is 1. The van der Waals surface area contributed by atoms with Crippen molar-refractivity contribution >= 4 is 33.6 Å². The SMILES string of the molecule is CN(C)c1ccc(NC(=O)CCc2nn3c(C4CC4)nnc3s2)cc1. The molecule has 1 aliphatic carbocycles. The molecule has 1 amide bonds. The van der Waals surface area contributed by atoms with Gasteiger partial charge in [-0.05, 0) is 37.1 Å². The predicted octanol–water partition coefficient (Wildman–Crippen LogP) is 2.70. The molecule has 2 aromatic heterocycles. The van der Waals surface area contributed by atoms with Gasteiger partial charge in [0.05, 0.1) is 0 Å². The van der Waals surface area contributed by atoms with Gasteiger partial charge in [-0.1, -0.05) is 11.3 Å². The number of nitrogens with zero attached hydrogens (tertiary/aromatic N) is 5. The first-order valence-corrected chi connectivity index (χ1v) is 9.20. The van der Waals surface area contributed by atoms with Crippen molar-refractivity contribution < 1.29 is 4.79 Å². The Kier molecular flexibility index (Phi) is 4.12. The zero-order valence-electron chi connectivity index (χ0n) is 14.3. The van der Waals surface area contributed by atoms with Crippen LogP contribution in [-0.2, 0) is 11.2 Å². The van der Waals surface area contributed by atoms with E-state index < -0.39 is 0 Å². The van der Waals surface area contributed by atoms with E-state index in [0.29, 0.717) is 18.8 Å². The molecule has 7 nitrogen and oxygen atoms in total. The van der Waals surface area contributed by atoms with Gasteiger partial charge in [0.1, 0.15) is 5.01 Å². The van der Waals surface area contributed by atoms with Crippen LogP contribution in [0.2, 0.25) is 0 Å². The molecule has 0 bridgehead atoms. The van der Waals surface area contributed by atoms with E-state index in [0.717, 1.165) is 27.2 Å². The van der Waals surface area contributed by atoms with Gasteiger partial charge >= 0.3 is 0 Å². The fourth-order valence-electron chi connectivity index (χ4n) is 2.66. The predicted molar refractivity (Wildman–Crippen MR) is 98.4 cm³/mol. The Labute approximate surface area is 149 Å². The van der Waals surface area contributed by atoms with Crippen LogP contribution in [0.15, 0.2) is 24.3 Å². The molecule has 0 radical (unpaired) electrons. The number of aryl methyl sites for hydroxylation is 1. The molecule has 4 rings (SSSR count). The van der Waals surface area contributed by atoms with Crippen LogP contribution in [0, 0.1) is 0 Å². The molecular weight excluding hydrogens is 336 g/mol. The molecule has 1 saturated carbocycles. The van der Waals surface area contributed by atoms with Gasteiger partial charge in [-0.25, -0.2) is 0 Å². The van der Waals surface area contributed by atoms with E-state index in [1.807, 2.05) is 47.8 Å². The summed E-state index contributed by atoms with van der Waals surface area (Å²) < 4.78 is 1.84. The van der Waals surface area contributed by atoms with E-state index in [9.17, 15) is 4.79 Å². The van der Waals surface area contributed by atoms with E-state index in [1.165, 1.54) is 24.2 Å². The summed E-state index contributed by atoms with van der Waals surface area (Å²) in [5.41, 5.74) is 1.91. The van der Waals surface area contributed by atoms with Crippen LogP contribution < -0.4 is 10.2 Å². The van der Waals surface area contributed by atoms with Gasteiger partial charge in [-0.15, -0.1) is 10.2 Å². The van der Waals surface area contributed by atoms with Gasteiger partial charge in [-0.3, -0.25) is 4.79 Å². The Hall–Kier alpha value is -2.48. The normalized spacial score (nSPS) is 14.0. The highest BCUT2D eigenvalue weighted by molar-refractivity contribution is 7.16. The van der Waals surface area contributed by atoms with Crippen LogP contribution in [-0.4, -0.2) is 39.8 Å². The zero-order valence-corrected chi connectivity index (χ0v) is 15.1. The maximum absolute atomic E-state index is 12.2. The highest BCUT2D eigenvalue weighted by Crippen LogP contribution is 2.39. The quantitative estimate of drug-likeness (QED) is 0.735. The monoisotopic (exact) mass is 356 g/mol. The average molecular weight is 356 g/mol. The minimum Gasteiger partial charge on any atom is -0.378 e. The summed E-state index contributed by atoms with van der Waals surface area (Å²) in [6.45, 7) is 0. The summed E-state index contributed by atoms with van der Waals surface area (Å²) in [5.74, 6) is 1.47. The lowest BCUT2D eigenvalue weighted by Gasteiger charge is -2.12. The third-order valence-corrected chi connectivity index (χ3v) is 5.19. The van der Waals surface area contributed by atoms with E-state index in [-0.39, 0.29) is 5.91 Å². The molecule has 25 heavy (non-hydrogen) atoms. The molecule has 0 unspecified atom stereocenters. The summed E-state index contributed by atoms with van der Waals surface area (Å²) in [7, 11) is 3.98. The second kappa shape index (κ2) is 6.44. The highest BCUT2D eigenvalue weighted by atomic mass is 32.1. The fourth-order valence-corrected chi connectivity index (χ4v) is 3.50. The third kappa shape index (κ3) is 3.48. The second-order valence-electron chi connectivity index (χ2n) is 6.51. The smallest absolute Gasteiger partial charge is 0.234 e. The molecule has 0 aliphatic heterocycles. The van der Waals surface area contributed by atoms with Gasteiger partial charge in [0.2, 0.25) is 10.9 Å². The summed E-state index contributed by atoms with van der Waals surface area (Å²) in [4.78, 5) is 15.0. The number of anilines is 2. The molecule has 0 spiro atoms. The number of hydrogen-bond donors (Lipinski definition) is 1. The van der Waals surface area contributed by atoms with Crippen molar-refractivity contribution in [1.82, 2.24) is 19.8 Å². The van der Waals surface area contributed by atoms with Crippen molar-refractivity contribution in [3.8, 4) is 0 Å². The van der Waals surface area contributed by atoms with E-state index >= 15 is 0 Å². The van der Waals surface area contributed by atoms with Crippen LogP contribution in [0.3, 0.4) is 0 Å². The van der Waals surface area contributed by atoms with Crippen LogP contribution in [0.1, 0.15) is 36.0 Å². The highest BCUT2D eigenvalue weighted by Gasteiger charge is 2.30. The first-order chi connectivity index (χ1) is 12.1. The second-order valence-corrected chi connectivity index (χ2v) is 7.55. The van der Waals surface area contributed by atoms with Gasteiger partial charge in [0.15, 0.2) is 5.82 Å². The molecular formula is C17H20N6OS. The molecule has 1 aromatic carbocycles. The van der Waals surface area contributed by atoms with E-state index in [2.05, 4.69) is 20.6 Å². The van der Waals surface area contributed by atoms with Gasteiger partial charge in [-0.2, -0.15) is 9.61 Å². The summed E-state index contributed by atoms with van der Waals surface area (Å²) in [6, 6.07) is 7.80. The molecule has 1 N–H and O–H groups in total. The minimum absolute atomic E-state index is 0.00835. The van der Waals surface area contributed by atoms with E-state index in [4.69, 9.17) is 0 Å². The summed E-state index contributed by atoms with van der Waals surface area (Å²) in [5, 5.41) is 16.8. The van der Waals surface area contributed by atoms with Crippen molar-refractivity contribution in [1.29, 1.82) is 0 Å². The van der Waals surface area contributed by atoms with Crippen molar-refractivity contribution in [2.45, 2.75) is 31.6 Å². The molecule has 3 aromatic rings. The molecule has 2 heterocycles. The van der Waals surface area contributed by atoms with Crippen molar-refractivity contribution in [2.24, 2.45) is 0 Å². The third-order valence-electron chi connectivity index (χ3n) is 4.23. The zero-order chi connectivity index (χ0) is 17.4. The molecule has 1 aliphatic rings. The first kappa shape index (κ1) is 16.0. The van der Waals surface area contributed by atoms with Crippen LogP contribution >= 0.6 is 11.3 Å². The van der Waals surface area contributed by atoms with Crippen molar-refractivity contribution in [3.05, 3.63) is 35.1 Å². The number of carbonyl (C=O) groups excluding carboxylic acids is 1. The number of fused-ring (bicyclic) bond motifs is 1. The minimum atomic E-state index is -0.00835. The summed E-state index contributed by atoms with van der Waals surface area (Å²) >= 11 is 1.51. The Balaban J connectivity index is 1.35. The topological polar surface area (TPSA) is 75.4 Å². The van der Waals surface area contributed by atoms with Gasteiger partial charge in [0.25, 0.3) is 0 Å². The molecule has 130 valence electrons. The molecule has 1 fully saturated rings. The number of nitrogens with one attached hydrogen (secondary N) is 1. The number of carbonyl (C=O) groups is 1. The standard InChI is InChI=1S/C17H20N6OS/c1-22(2)13-7-5-12(6-8-13)18-14(24)9-10-15-21-23-16(11-3-4-11)19-20-17(23)25-15/h5-8,11H,3-4,9-10H2,1-2H3,(H,18,24). The first-order valence-electron chi connectivity index (χ1n) is 8.38. The molecule has 8 heteroatoms. The number of hydrogen-bond acceptors (Lipinski definition) is 6. The fraction of sp³-hybridized carbons (Fsp3) is 0.412. The van der Waals surface area contributed by atoms with Crippen molar-refractivity contribution in [3.63, 3.8) is 0 Å². The van der Waals surface area contributed by atoms with Crippen LogP contribution in [0.5, 0.6) is 0 Å². The Morgan fingerprint density at radius 2 is 2.04 bits per heavy atom. The lowest BCUT2D eigenvalue weighted by atomic mass is 10.2. The van der Waals surface area contributed by atoms with Crippen LogP contribution in [0.25, 0.3) is 4.96 Å². The average Bonchev–Trinajstić information content (AvgIpc) is 3.23. The van der Waals surface area contributed by atoms with Gasteiger partial charge in [0, 0.05) is 44.2 Å². The Bertz CT molecular complexity index is 894. The van der Waals surface area contributed by atoms with Gasteiger partial charge < -0.3 is 10.2 Å². The lowest BCUT2D eigenvalue weighted by molar-refractivity contribution is -0.116. The Morgan fingerprint density at radius 3 is 2.72 bits per heavy atom. The largest absolute Gasteiger partial charge is 0.378 e. The Morgan fingerprint density at radius 1 is 1.28 bits per heavy atom. The van der Waals surface area contributed by atoms with Crippen molar-refractivity contribution in [2.75, 3.05) is 24.3 Å². The molecule has 0 atom stereocenters. The number of amides is 1. The summed E-state index contributed by atoms with van der Waals surface area (Å²) in [6.07, 6.45) is 3.35. The number of aromatic nitrogens is 4. The van der Waals surface area contributed by atoms with E-state index in [1.54, 1.807) is 0 Å². The number of rotatable bonds is 6. The maximum Gasteiger partial charge on any atom is 0.234 e. The lowest BCUT2D eigenvalue weighted by Crippen LogP contribution is -2.13. The molecule has 0 saturated heterocycles. The van der Waals surface area contributed by atoms with Crippen LogP contribution in [0.4, 0.5) is 11.4 Å².